The molecule has 2 rings (SSSR count). The first-order valence-corrected chi connectivity index (χ1v) is 6.65. The van der Waals surface area contributed by atoms with E-state index in [1.807, 2.05) is 0 Å². The van der Waals surface area contributed by atoms with Crippen LogP contribution in [0.2, 0.25) is 0 Å². The van der Waals surface area contributed by atoms with Crippen molar-refractivity contribution >= 4 is 27.8 Å². The van der Waals surface area contributed by atoms with E-state index in [-0.39, 0.29) is 24.3 Å². The number of carboxylic acid groups (broad SMARTS) is 1. The van der Waals surface area contributed by atoms with Gasteiger partial charge in [-0.05, 0) is 40.9 Å². The Kier molecular flexibility index (Phi) is 4.06. The van der Waals surface area contributed by atoms with Gasteiger partial charge in [0.2, 0.25) is 0 Å². The van der Waals surface area contributed by atoms with Gasteiger partial charge in [0.1, 0.15) is 6.54 Å². The summed E-state index contributed by atoms with van der Waals surface area (Å²) in [6, 6.07) is 3.19. The van der Waals surface area contributed by atoms with Gasteiger partial charge in [-0.2, -0.15) is 0 Å². The van der Waals surface area contributed by atoms with Crippen LogP contribution in [0.1, 0.15) is 36.2 Å². The first-order valence-electron chi connectivity index (χ1n) is 5.86. The molecule has 18 heavy (non-hydrogen) atoms. The summed E-state index contributed by atoms with van der Waals surface area (Å²) in [5.74, 6) is -1.18. The van der Waals surface area contributed by atoms with Crippen molar-refractivity contribution in [2.24, 2.45) is 0 Å². The Hall–Kier alpha value is -1.30. The van der Waals surface area contributed by atoms with Crippen LogP contribution in [-0.2, 0) is 4.79 Å². The fraction of sp³-hybridized carbons (Fsp3) is 0.500. The summed E-state index contributed by atoms with van der Waals surface area (Å²) in [4.78, 5) is 24.5. The quantitative estimate of drug-likeness (QED) is 0.926. The average Bonchev–Trinajstić information content (AvgIpc) is 2.95. The summed E-state index contributed by atoms with van der Waals surface area (Å²) in [6.45, 7) is -0.276. The molecule has 1 saturated carbocycles. The second-order valence-corrected chi connectivity index (χ2v) is 5.15. The van der Waals surface area contributed by atoms with Crippen molar-refractivity contribution < 1.29 is 19.1 Å². The van der Waals surface area contributed by atoms with Crippen LogP contribution in [0, 0.1) is 0 Å². The van der Waals surface area contributed by atoms with E-state index in [1.165, 1.54) is 4.90 Å². The predicted octanol–water partition coefficient (Wildman–Crippen LogP) is 2.51. The molecule has 1 fully saturated rings. The van der Waals surface area contributed by atoms with Crippen LogP contribution in [0.25, 0.3) is 0 Å². The molecule has 1 aliphatic carbocycles. The molecule has 1 N–H and O–H groups in total. The molecule has 1 aromatic heterocycles. The van der Waals surface area contributed by atoms with E-state index in [0.717, 1.165) is 25.7 Å². The van der Waals surface area contributed by atoms with Gasteiger partial charge < -0.3 is 14.4 Å². The number of halogens is 1. The molecule has 1 aliphatic rings. The van der Waals surface area contributed by atoms with Crippen molar-refractivity contribution in [1.82, 2.24) is 4.90 Å². The summed E-state index contributed by atoms with van der Waals surface area (Å²) in [6.07, 6.45) is 3.80. The fourth-order valence-electron chi connectivity index (χ4n) is 2.30. The molecule has 98 valence electrons. The number of hydrogen-bond donors (Lipinski definition) is 1. The van der Waals surface area contributed by atoms with Gasteiger partial charge in [-0.1, -0.05) is 12.8 Å². The number of amides is 1. The van der Waals surface area contributed by atoms with Gasteiger partial charge in [-0.15, -0.1) is 0 Å². The van der Waals surface area contributed by atoms with Crippen LogP contribution in [0.5, 0.6) is 0 Å². The van der Waals surface area contributed by atoms with E-state index in [4.69, 9.17) is 9.52 Å². The second-order valence-electron chi connectivity index (χ2n) is 4.37. The highest BCUT2D eigenvalue weighted by Crippen LogP contribution is 2.25. The van der Waals surface area contributed by atoms with Crippen LogP contribution < -0.4 is 0 Å². The monoisotopic (exact) mass is 315 g/mol. The molecule has 0 aromatic carbocycles. The highest BCUT2D eigenvalue weighted by molar-refractivity contribution is 9.10. The molecule has 0 radical (unpaired) electrons. The number of carbonyl (C=O) groups excluding carboxylic acids is 1. The van der Waals surface area contributed by atoms with Gasteiger partial charge in [0.15, 0.2) is 10.4 Å². The lowest BCUT2D eigenvalue weighted by Crippen LogP contribution is -2.42. The molecule has 6 heteroatoms. The van der Waals surface area contributed by atoms with Gasteiger partial charge >= 0.3 is 5.97 Å². The summed E-state index contributed by atoms with van der Waals surface area (Å²) >= 11 is 3.13. The Balaban J connectivity index is 2.17. The molecule has 1 heterocycles. The van der Waals surface area contributed by atoms with E-state index >= 15 is 0 Å². The molecular weight excluding hydrogens is 302 g/mol. The lowest BCUT2D eigenvalue weighted by Gasteiger charge is -2.26. The van der Waals surface area contributed by atoms with Gasteiger partial charge in [0.05, 0.1) is 0 Å². The number of hydrogen-bond acceptors (Lipinski definition) is 3. The molecular formula is C12H14BrNO4. The van der Waals surface area contributed by atoms with Crippen molar-refractivity contribution in [2.75, 3.05) is 6.54 Å². The molecule has 1 amide bonds. The lowest BCUT2D eigenvalue weighted by atomic mass is 10.2. The maximum atomic E-state index is 12.2. The van der Waals surface area contributed by atoms with Crippen LogP contribution in [0.3, 0.4) is 0 Å². The Morgan fingerprint density at radius 3 is 2.56 bits per heavy atom. The van der Waals surface area contributed by atoms with E-state index in [1.54, 1.807) is 12.1 Å². The number of nitrogens with zero attached hydrogens (tertiary/aromatic N) is 1. The zero-order valence-corrected chi connectivity index (χ0v) is 11.4. The van der Waals surface area contributed by atoms with Crippen molar-refractivity contribution in [3.63, 3.8) is 0 Å². The molecule has 1 aromatic rings. The van der Waals surface area contributed by atoms with Crippen molar-refractivity contribution in [3.8, 4) is 0 Å². The molecule has 0 unspecified atom stereocenters. The first-order chi connectivity index (χ1) is 8.58. The third-order valence-electron chi connectivity index (χ3n) is 3.12. The molecule has 0 bridgehead atoms. The zero-order chi connectivity index (χ0) is 13.1. The molecule has 0 spiro atoms. The Labute approximate surface area is 113 Å². The molecule has 0 atom stereocenters. The van der Waals surface area contributed by atoms with Crippen molar-refractivity contribution in [3.05, 3.63) is 22.6 Å². The van der Waals surface area contributed by atoms with Crippen LogP contribution in [0.15, 0.2) is 21.2 Å². The van der Waals surface area contributed by atoms with E-state index in [9.17, 15) is 9.59 Å². The van der Waals surface area contributed by atoms with Crippen LogP contribution >= 0.6 is 15.9 Å². The summed E-state index contributed by atoms with van der Waals surface area (Å²) in [7, 11) is 0. The predicted molar refractivity (Wildman–Crippen MR) is 67.3 cm³/mol. The Morgan fingerprint density at radius 1 is 1.39 bits per heavy atom. The standard InChI is InChI=1S/C12H14BrNO4/c13-10-6-5-9(18-10)12(17)14(7-11(15)16)8-3-1-2-4-8/h5-6,8H,1-4,7H2,(H,15,16). The Bertz CT molecular complexity index is 451. The van der Waals surface area contributed by atoms with Gasteiger partial charge in [-0.25, -0.2) is 0 Å². The number of furan rings is 1. The summed E-state index contributed by atoms with van der Waals surface area (Å²) in [5, 5.41) is 8.91. The van der Waals surface area contributed by atoms with Crippen molar-refractivity contribution in [1.29, 1.82) is 0 Å². The van der Waals surface area contributed by atoms with Crippen LogP contribution in [0.4, 0.5) is 0 Å². The minimum absolute atomic E-state index is 0.0116. The lowest BCUT2D eigenvalue weighted by molar-refractivity contribution is -0.138. The smallest absolute Gasteiger partial charge is 0.323 e. The zero-order valence-electron chi connectivity index (χ0n) is 9.76. The maximum absolute atomic E-state index is 12.2. The molecule has 0 saturated heterocycles. The number of rotatable bonds is 4. The van der Waals surface area contributed by atoms with Gasteiger partial charge in [0.25, 0.3) is 5.91 Å². The number of aliphatic carboxylic acids is 1. The topological polar surface area (TPSA) is 70.8 Å². The third kappa shape index (κ3) is 2.93. The van der Waals surface area contributed by atoms with E-state index in [2.05, 4.69) is 15.9 Å². The van der Waals surface area contributed by atoms with E-state index in [0.29, 0.717) is 4.67 Å². The maximum Gasteiger partial charge on any atom is 0.323 e. The Morgan fingerprint density at radius 2 is 2.06 bits per heavy atom. The number of carboxylic acids is 1. The highest BCUT2D eigenvalue weighted by atomic mass is 79.9. The fourth-order valence-corrected chi connectivity index (χ4v) is 2.61. The number of carbonyl (C=O) groups is 2. The highest BCUT2D eigenvalue weighted by Gasteiger charge is 2.30. The van der Waals surface area contributed by atoms with Gasteiger partial charge in [-0.3, -0.25) is 9.59 Å². The van der Waals surface area contributed by atoms with Crippen LogP contribution in [-0.4, -0.2) is 34.5 Å². The SMILES string of the molecule is O=C(O)CN(C(=O)c1ccc(Br)o1)C1CCCC1. The third-order valence-corrected chi connectivity index (χ3v) is 3.54. The van der Waals surface area contributed by atoms with Crippen molar-refractivity contribution in [2.45, 2.75) is 31.7 Å². The minimum Gasteiger partial charge on any atom is -0.480 e. The normalized spacial score (nSPS) is 15.8. The molecule has 5 nitrogen and oxygen atoms in total. The van der Waals surface area contributed by atoms with Gasteiger partial charge in [0, 0.05) is 6.04 Å². The minimum atomic E-state index is -0.999. The average molecular weight is 316 g/mol. The summed E-state index contributed by atoms with van der Waals surface area (Å²) < 4.78 is 5.67. The molecule has 0 aliphatic heterocycles. The second kappa shape index (κ2) is 5.56. The van der Waals surface area contributed by atoms with E-state index < -0.39 is 5.97 Å². The first kappa shape index (κ1) is 13.1. The largest absolute Gasteiger partial charge is 0.480 e. The summed E-state index contributed by atoms with van der Waals surface area (Å²) in [5.41, 5.74) is 0.